The number of carbonyl (C=O) groups is 2. The molecule has 4 nitrogen and oxygen atoms in total. The summed E-state index contributed by atoms with van der Waals surface area (Å²) < 4.78 is 4.71. The highest BCUT2D eigenvalue weighted by molar-refractivity contribution is 6.32. The second-order valence-corrected chi connectivity index (χ2v) is 4.68. The van der Waals surface area contributed by atoms with E-state index in [0.717, 1.165) is 19.3 Å². The summed E-state index contributed by atoms with van der Waals surface area (Å²) >= 11 is 0. The van der Waals surface area contributed by atoms with Crippen LogP contribution in [-0.2, 0) is 14.3 Å². The molecule has 4 heteroatoms. The molecular formula is C12H21NO3. The Morgan fingerprint density at radius 1 is 1.25 bits per heavy atom. The monoisotopic (exact) mass is 227 g/mol. The number of hydrogen-bond donors (Lipinski definition) is 0. The van der Waals surface area contributed by atoms with E-state index in [4.69, 9.17) is 4.74 Å². The van der Waals surface area contributed by atoms with E-state index in [0.29, 0.717) is 18.5 Å². The Morgan fingerprint density at radius 3 is 2.25 bits per heavy atom. The fourth-order valence-corrected chi connectivity index (χ4v) is 1.93. The maximum absolute atomic E-state index is 11.6. The molecule has 1 aliphatic rings. The van der Waals surface area contributed by atoms with E-state index in [1.165, 1.54) is 0 Å². The van der Waals surface area contributed by atoms with Gasteiger partial charge in [-0.25, -0.2) is 4.79 Å². The zero-order valence-corrected chi connectivity index (χ0v) is 10.4. The van der Waals surface area contributed by atoms with Gasteiger partial charge in [-0.3, -0.25) is 4.79 Å². The number of nitrogens with zero attached hydrogens (tertiary/aromatic N) is 1. The van der Waals surface area contributed by atoms with E-state index >= 15 is 0 Å². The van der Waals surface area contributed by atoms with E-state index in [1.807, 2.05) is 0 Å². The first kappa shape index (κ1) is 13.0. The van der Waals surface area contributed by atoms with E-state index in [-0.39, 0.29) is 6.61 Å². The van der Waals surface area contributed by atoms with Crippen molar-refractivity contribution in [2.24, 2.45) is 5.41 Å². The van der Waals surface area contributed by atoms with Crippen LogP contribution in [0.2, 0.25) is 0 Å². The third kappa shape index (κ3) is 2.97. The average molecular weight is 227 g/mol. The normalized spacial score (nSPS) is 19.3. The molecule has 0 atom stereocenters. The minimum atomic E-state index is -0.720. The molecule has 0 spiro atoms. The molecule has 0 bridgehead atoms. The van der Waals surface area contributed by atoms with Gasteiger partial charge in [-0.05, 0) is 25.2 Å². The molecule has 92 valence electrons. The van der Waals surface area contributed by atoms with Gasteiger partial charge in [0, 0.05) is 13.1 Å². The van der Waals surface area contributed by atoms with Gasteiger partial charge in [0.05, 0.1) is 6.61 Å². The van der Waals surface area contributed by atoms with Crippen molar-refractivity contribution in [3.63, 3.8) is 0 Å². The smallest absolute Gasteiger partial charge is 0.397 e. The largest absolute Gasteiger partial charge is 0.459 e. The van der Waals surface area contributed by atoms with Crippen molar-refractivity contribution >= 4 is 11.9 Å². The molecule has 1 amide bonds. The van der Waals surface area contributed by atoms with E-state index in [9.17, 15) is 9.59 Å². The molecule has 1 rings (SSSR count). The number of rotatable bonds is 2. The summed E-state index contributed by atoms with van der Waals surface area (Å²) in [6, 6.07) is 0. The highest BCUT2D eigenvalue weighted by atomic mass is 16.5. The van der Waals surface area contributed by atoms with Gasteiger partial charge in [-0.2, -0.15) is 0 Å². The number of hydrogen-bond acceptors (Lipinski definition) is 3. The molecular weight excluding hydrogens is 206 g/mol. The lowest BCUT2D eigenvalue weighted by Gasteiger charge is -2.38. The number of ether oxygens (including phenoxy) is 1. The second-order valence-electron chi connectivity index (χ2n) is 4.68. The average Bonchev–Trinajstić information content (AvgIpc) is 2.29. The van der Waals surface area contributed by atoms with Crippen LogP contribution >= 0.6 is 0 Å². The van der Waals surface area contributed by atoms with Crippen molar-refractivity contribution in [1.29, 1.82) is 0 Å². The topological polar surface area (TPSA) is 46.6 Å². The van der Waals surface area contributed by atoms with Crippen LogP contribution in [0.5, 0.6) is 0 Å². The summed E-state index contributed by atoms with van der Waals surface area (Å²) in [6.07, 6.45) is 3.05. The molecule has 0 saturated carbocycles. The molecule has 0 aliphatic carbocycles. The van der Waals surface area contributed by atoms with Crippen molar-refractivity contribution in [2.75, 3.05) is 19.7 Å². The predicted octanol–water partition coefficient (Wildman–Crippen LogP) is 1.59. The van der Waals surface area contributed by atoms with E-state index in [1.54, 1.807) is 11.8 Å². The van der Waals surface area contributed by atoms with Gasteiger partial charge >= 0.3 is 11.9 Å². The van der Waals surface area contributed by atoms with Gasteiger partial charge in [0.1, 0.15) is 0 Å². The Labute approximate surface area is 96.9 Å². The minimum Gasteiger partial charge on any atom is -0.459 e. The minimum absolute atomic E-state index is 0.255. The third-order valence-electron chi connectivity index (χ3n) is 3.56. The molecule has 0 radical (unpaired) electrons. The van der Waals surface area contributed by atoms with Crippen LogP contribution in [0.3, 0.4) is 0 Å². The van der Waals surface area contributed by atoms with E-state index < -0.39 is 11.9 Å². The summed E-state index contributed by atoms with van der Waals surface area (Å²) in [5, 5.41) is 0. The first-order chi connectivity index (χ1) is 7.52. The van der Waals surface area contributed by atoms with Crippen molar-refractivity contribution in [3.8, 4) is 0 Å². The van der Waals surface area contributed by atoms with Crippen LogP contribution in [0.25, 0.3) is 0 Å². The first-order valence-electron chi connectivity index (χ1n) is 5.98. The lowest BCUT2D eigenvalue weighted by molar-refractivity contribution is -0.161. The zero-order valence-electron chi connectivity index (χ0n) is 10.4. The molecule has 1 saturated heterocycles. The molecule has 0 aromatic rings. The van der Waals surface area contributed by atoms with Gasteiger partial charge in [-0.15, -0.1) is 0 Å². The molecule has 1 heterocycles. The van der Waals surface area contributed by atoms with Crippen molar-refractivity contribution < 1.29 is 14.3 Å². The van der Waals surface area contributed by atoms with E-state index in [2.05, 4.69) is 13.8 Å². The molecule has 0 aromatic carbocycles. The highest BCUT2D eigenvalue weighted by Gasteiger charge is 2.32. The summed E-state index contributed by atoms with van der Waals surface area (Å²) in [4.78, 5) is 24.5. The Bertz CT molecular complexity index is 267. The Kier molecular flexibility index (Phi) is 4.33. The third-order valence-corrected chi connectivity index (χ3v) is 3.56. The molecule has 0 N–H and O–H groups in total. The molecule has 0 aromatic heterocycles. The fourth-order valence-electron chi connectivity index (χ4n) is 1.93. The van der Waals surface area contributed by atoms with Crippen LogP contribution in [0.1, 0.15) is 40.0 Å². The number of piperidine rings is 1. The molecule has 16 heavy (non-hydrogen) atoms. The Balaban J connectivity index is 2.47. The predicted molar refractivity (Wildman–Crippen MR) is 60.8 cm³/mol. The number of likely N-dealkylation sites (tertiary alicyclic amines) is 1. The van der Waals surface area contributed by atoms with Gasteiger partial charge in [-0.1, -0.05) is 20.3 Å². The first-order valence-corrected chi connectivity index (χ1v) is 5.98. The zero-order chi connectivity index (χ0) is 12.2. The fraction of sp³-hybridized carbons (Fsp3) is 0.833. The Hall–Kier alpha value is -1.06. The van der Waals surface area contributed by atoms with Crippen LogP contribution in [0, 0.1) is 5.41 Å². The number of esters is 1. The van der Waals surface area contributed by atoms with Crippen LogP contribution < -0.4 is 0 Å². The van der Waals surface area contributed by atoms with Crippen molar-refractivity contribution in [3.05, 3.63) is 0 Å². The van der Waals surface area contributed by atoms with Crippen molar-refractivity contribution in [2.45, 2.75) is 40.0 Å². The molecule has 1 aliphatic heterocycles. The standard InChI is InChI=1S/C12H21NO3/c1-4-12(3)6-8-13(9-7-12)10(14)11(15)16-5-2/h4-9H2,1-3H3. The summed E-state index contributed by atoms with van der Waals surface area (Å²) in [6.45, 7) is 7.70. The number of amides is 1. The lowest BCUT2D eigenvalue weighted by Crippen LogP contribution is -2.45. The van der Waals surface area contributed by atoms with Gasteiger partial charge in [0.15, 0.2) is 0 Å². The maximum Gasteiger partial charge on any atom is 0.397 e. The van der Waals surface area contributed by atoms with Crippen LogP contribution in [0.15, 0.2) is 0 Å². The molecule has 0 unspecified atom stereocenters. The summed E-state index contributed by atoms with van der Waals surface area (Å²) in [5.41, 5.74) is 0.325. The number of carbonyl (C=O) groups excluding carboxylic acids is 2. The Morgan fingerprint density at radius 2 is 1.81 bits per heavy atom. The highest BCUT2D eigenvalue weighted by Crippen LogP contribution is 2.33. The lowest BCUT2D eigenvalue weighted by atomic mass is 9.78. The van der Waals surface area contributed by atoms with Gasteiger partial charge < -0.3 is 9.64 Å². The maximum atomic E-state index is 11.6. The van der Waals surface area contributed by atoms with Crippen LogP contribution in [0.4, 0.5) is 0 Å². The van der Waals surface area contributed by atoms with Crippen LogP contribution in [-0.4, -0.2) is 36.5 Å². The quantitative estimate of drug-likeness (QED) is 0.531. The van der Waals surface area contributed by atoms with Gasteiger partial charge in [0.25, 0.3) is 0 Å². The SMILES string of the molecule is CCOC(=O)C(=O)N1CCC(C)(CC)CC1. The second kappa shape index (κ2) is 5.32. The summed E-state index contributed by atoms with van der Waals surface area (Å²) in [5.74, 6) is -1.21. The van der Waals surface area contributed by atoms with Gasteiger partial charge in [0.2, 0.25) is 0 Å². The summed E-state index contributed by atoms with van der Waals surface area (Å²) in [7, 11) is 0. The van der Waals surface area contributed by atoms with Crippen molar-refractivity contribution in [1.82, 2.24) is 4.90 Å². The molecule has 1 fully saturated rings.